The summed E-state index contributed by atoms with van der Waals surface area (Å²) in [4.78, 5) is 45.4. The van der Waals surface area contributed by atoms with Crippen LogP contribution in [0.4, 0.5) is 33.4 Å². The Balaban J connectivity index is 1.15. The fraction of sp³-hybridized carbons (Fsp3) is 0.302. The molecule has 58 heavy (non-hydrogen) atoms. The Kier molecular flexibility index (Phi) is 13.6. The van der Waals surface area contributed by atoms with E-state index in [9.17, 15) is 19.5 Å². The first-order chi connectivity index (χ1) is 27.9. The van der Waals surface area contributed by atoms with Crippen LogP contribution >= 0.6 is 11.8 Å². The molecule has 1 saturated heterocycles. The van der Waals surface area contributed by atoms with Crippen LogP contribution in [-0.2, 0) is 10.2 Å². The Labute approximate surface area is 342 Å². The summed E-state index contributed by atoms with van der Waals surface area (Å²) in [6, 6.07) is 22.9. The Morgan fingerprint density at radius 1 is 0.828 bits per heavy atom. The van der Waals surface area contributed by atoms with Gasteiger partial charge in [-0.2, -0.15) is 11.8 Å². The largest absolute Gasteiger partial charge is 0.496 e. The molecule has 4 amide bonds. The zero-order valence-corrected chi connectivity index (χ0v) is 34.0. The maximum absolute atomic E-state index is 13.5. The lowest BCUT2D eigenvalue weighted by Crippen LogP contribution is -2.39. The number of pyridine rings is 1. The molecule has 6 N–H and O–H groups in total. The number of rotatable bonds is 14. The third kappa shape index (κ3) is 10.5. The summed E-state index contributed by atoms with van der Waals surface area (Å²) in [7, 11) is 2.97. The summed E-state index contributed by atoms with van der Waals surface area (Å²) < 4.78 is 17.5. The van der Waals surface area contributed by atoms with Crippen molar-refractivity contribution >= 4 is 68.9 Å². The van der Waals surface area contributed by atoms with Crippen LogP contribution in [0.1, 0.15) is 36.7 Å². The molecule has 304 valence electrons. The van der Waals surface area contributed by atoms with E-state index in [0.29, 0.717) is 57.9 Å². The minimum atomic E-state index is -0.705. The number of amides is 4. The van der Waals surface area contributed by atoms with Crippen molar-refractivity contribution in [3.05, 3.63) is 96.2 Å². The number of benzene rings is 4. The monoisotopic (exact) mass is 807 g/mol. The minimum absolute atomic E-state index is 0.191. The van der Waals surface area contributed by atoms with Gasteiger partial charge in [0.25, 0.3) is 5.91 Å². The first-order valence-electron chi connectivity index (χ1n) is 18.9. The topological polar surface area (TPSA) is 175 Å². The summed E-state index contributed by atoms with van der Waals surface area (Å²) in [5.74, 6) is 3.70. The molecule has 0 atom stereocenters. The fourth-order valence-corrected chi connectivity index (χ4v) is 7.40. The standard InChI is InChI=1S/C43H49N7O7S/c1-43(2,3)27-22-34(47-39(52)26-51)40(56-5)35(23-27)49-42(54)48-33-12-13-36(31-9-7-6-8-30(31)33)57-29-14-15-44-38(25-29)46-28-10-11-32(37(24-28)55-4)41(53)45-16-17-50-18-20-58-21-19-50/h6-15,22-25,51H,16-21,26H2,1-5H3,(H,44,46)(H,45,53)(H,47,52)(H2,48,49,54). The highest BCUT2D eigenvalue weighted by molar-refractivity contribution is 7.99. The van der Waals surface area contributed by atoms with Crippen LogP contribution in [0.5, 0.6) is 23.0 Å². The number of aromatic nitrogens is 1. The van der Waals surface area contributed by atoms with E-state index in [-0.39, 0.29) is 17.1 Å². The average molecular weight is 808 g/mol. The van der Waals surface area contributed by atoms with Crippen molar-refractivity contribution in [2.45, 2.75) is 26.2 Å². The predicted octanol–water partition coefficient (Wildman–Crippen LogP) is 7.44. The van der Waals surface area contributed by atoms with Crippen LogP contribution in [-0.4, -0.2) is 91.3 Å². The van der Waals surface area contributed by atoms with Gasteiger partial charge < -0.3 is 45.9 Å². The molecule has 0 saturated carbocycles. The van der Waals surface area contributed by atoms with Crippen LogP contribution in [0.25, 0.3) is 10.8 Å². The molecule has 0 spiro atoms. The quantitative estimate of drug-likeness (QED) is 0.0658. The molecule has 0 unspecified atom stereocenters. The van der Waals surface area contributed by atoms with Crippen molar-refractivity contribution in [3.63, 3.8) is 0 Å². The number of fused-ring (bicyclic) bond motifs is 1. The van der Waals surface area contributed by atoms with E-state index in [1.807, 2.05) is 56.8 Å². The second kappa shape index (κ2) is 18.9. The summed E-state index contributed by atoms with van der Waals surface area (Å²) in [6.07, 6.45) is 1.63. The molecule has 0 aliphatic carbocycles. The zero-order chi connectivity index (χ0) is 41.2. The van der Waals surface area contributed by atoms with Crippen LogP contribution in [0.2, 0.25) is 0 Å². The maximum atomic E-state index is 13.5. The van der Waals surface area contributed by atoms with Gasteiger partial charge in [0, 0.05) is 72.5 Å². The van der Waals surface area contributed by atoms with Gasteiger partial charge in [-0.3, -0.25) is 14.5 Å². The molecule has 1 aliphatic rings. The van der Waals surface area contributed by atoms with E-state index in [2.05, 4.69) is 36.5 Å². The maximum Gasteiger partial charge on any atom is 0.323 e. The highest BCUT2D eigenvalue weighted by atomic mass is 32.2. The first kappa shape index (κ1) is 41.6. The van der Waals surface area contributed by atoms with Gasteiger partial charge >= 0.3 is 6.03 Å². The van der Waals surface area contributed by atoms with E-state index in [1.165, 1.54) is 14.2 Å². The third-order valence-corrected chi connectivity index (χ3v) is 10.4. The van der Waals surface area contributed by atoms with Crippen LogP contribution in [0.3, 0.4) is 0 Å². The number of carbonyl (C=O) groups excluding carboxylic acids is 3. The van der Waals surface area contributed by atoms with E-state index < -0.39 is 18.5 Å². The van der Waals surface area contributed by atoms with Crippen molar-refractivity contribution in [1.29, 1.82) is 0 Å². The molecule has 2 heterocycles. The number of hydrogen-bond acceptors (Lipinski definition) is 11. The van der Waals surface area contributed by atoms with E-state index in [4.69, 9.17) is 14.2 Å². The first-order valence-corrected chi connectivity index (χ1v) is 20.0. The van der Waals surface area contributed by atoms with Crippen molar-refractivity contribution < 1.29 is 33.7 Å². The van der Waals surface area contributed by atoms with E-state index >= 15 is 0 Å². The number of ether oxygens (including phenoxy) is 3. The Bertz CT molecular complexity index is 2270. The number of nitrogens with zero attached hydrogens (tertiary/aromatic N) is 2. The molecular weight excluding hydrogens is 759 g/mol. The molecule has 5 aromatic rings. The molecule has 1 aromatic heterocycles. The molecule has 4 aromatic carbocycles. The smallest absolute Gasteiger partial charge is 0.323 e. The number of nitrogens with one attached hydrogen (secondary N) is 5. The lowest BCUT2D eigenvalue weighted by molar-refractivity contribution is -0.118. The number of aliphatic hydroxyl groups excluding tert-OH is 1. The lowest BCUT2D eigenvalue weighted by Gasteiger charge is -2.26. The number of hydrogen-bond donors (Lipinski definition) is 6. The van der Waals surface area contributed by atoms with Crippen LogP contribution in [0, 0.1) is 0 Å². The van der Waals surface area contributed by atoms with Gasteiger partial charge in [-0.05, 0) is 53.4 Å². The number of anilines is 5. The van der Waals surface area contributed by atoms with Gasteiger partial charge in [0.1, 0.15) is 29.7 Å². The van der Waals surface area contributed by atoms with Gasteiger partial charge in [-0.15, -0.1) is 0 Å². The number of urea groups is 1. The SMILES string of the molecule is COc1cc(Nc2cc(Oc3ccc(NC(=O)Nc4cc(C(C)(C)C)cc(NC(=O)CO)c4OC)c4ccccc34)ccn2)ccc1C(=O)NCCN1CCSCC1. The van der Waals surface area contributed by atoms with Gasteiger partial charge in [-0.25, -0.2) is 9.78 Å². The van der Waals surface area contributed by atoms with E-state index in [1.54, 1.807) is 60.8 Å². The Morgan fingerprint density at radius 3 is 2.26 bits per heavy atom. The van der Waals surface area contributed by atoms with Crippen molar-refractivity contribution in [2.75, 3.05) is 79.8 Å². The minimum Gasteiger partial charge on any atom is -0.496 e. The lowest BCUT2D eigenvalue weighted by atomic mass is 9.86. The number of carbonyl (C=O) groups is 3. The fourth-order valence-electron chi connectivity index (χ4n) is 6.42. The Morgan fingerprint density at radius 2 is 1.55 bits per heavy atom. The average Bonchev–Trinajstić information content (AvgIpc) is 3.21. The van der Waals surface area contributed by atoms with Crippen LogP contribution < -0.4 is 40.8 Å². The van der Waals surface area contributed by atoms with Crippen molar-refractivity contribution in [2.24, 2.45) is 0 Å². The molecule has 15 heteroatoms. The normalized spacial score (nSPS) is 13.0. The molecule has 0 radical (unpaired) electrons. The summed E-state index contributed by atoms with van der Waals surface area (Å²) in [5, 5.41) is 25.6. The Hall–Kier alpha value is -6.03. The third-order valence-electron chi connectivity index (χ3n) is 9.45. The molecule has 14 nitrogen and oxygen atoms in total. The summed E-state index contributed by atoms with van der Waals surface area (Å²) in [6.45, 7) is 8.76. The van der Waals surface area contributed by atoms with Crippen LogP contribution in [0.15, 0.2) is 85.1 Å². The van der Waals surface area contributed by atoms with Crippen molar-refractivity contribution in [3.8, 4) is 23.0 Å². The molecule has 1 aliphatic heterocycles. The van der Waals surface area contributed by atoms with Gasteiger partial charge in [0.2, 0.25) is 5.91 Å². The number of thioether (sulfide) groups is 1. The summed E-state index contributed by atoms with van der Waals surface area (Å²) >= 11 is 1.96. The molecule has 1 fully saturated rings. The number of aliphatic hydroxyl groups is 1. The van der Waals surface area contributed by atoms with Crippen molar-refractivity contribution in [1.82, 2.24) is 15.2 Å². The number of methoxy groups -OCH3 is 2. The molecule has 6 rings (SSSR count). The van der Waals surface area contributed by atoms with Gasteiger partial charge in [0.15, 0.2) is 5.75 Å². The highest BCUT2D eigenvalue weighted by Crippen LogP contribution is 2.40. The second-order valence-corrected chi connectivity index (χ2v) is 15.8. The van der Waals surface area contributed by atoms with Gasteiger partial charge in [0.05, 0.1) is 36.8 Å². The second-order valence-electron chi connectivity index (χ2n) is 14.5. The highest BCUT2D eigenvalue weighted by Gasteiger charge is 2.22. The molecular formula is C43H49N7O7S. The summed E-state index contributed by atoms with van der Waals surface area (Å²) in [5.41, 5.74) is 2.81. The predicted molar refractivity (Wildman–Crippen MR) is 231 cm³/mol. The molecule has 0 bridgehead atoms. The van der Waals surface area contributed by atoms with E-state index in [0.717, 1.165) is 47.5 Å². The zero-order valence-electron chi connectivity index (χ0n) is 33.2. The van der Waals surface area contributed by atoms with Gasteiger partial charge in [-0.1, -0.05) is 45.0 Å².